The van der Waals surface area contributed by atoms with E-state index in [2.05, 4.69) is 19.2 Å². The average Bonchev–Trinajstić information content (AvgIpc) is 2.79. The minimum atomic E-state index is -0.853. The minimum absolute atomic E-state index is 0. The Kier molecular flexibility index (Phi) is 16.3. The highest BCUT2D eigenvalue weighted by atomic mass is 35.5. The SMILES string of the molecule is COCCCOc1cc(C[C@@H](C[C@H](N)[C@@H](O)CNC(=O)[C@H](OC)C(C)(C)C)C(C)C)ccc1OC.Cl. The van der Waals surface area contributed by atoms with Crippen molar-refractivity contribution in [1.29, 1.82) is 0 Å². The molecule has 0 spiro atoms. The second-order valence-corrected chi connectivity index (χ2v) is 10.6. The molecule has 1 aromatic carbocycles. The van der Waals surface area contributed by atoms with Crippen molar-refractivity contribution in [2.75, 3.05) is 41.1 Å². The van der Waals surface area contributed by atoms with Crippen LogP contribution < -0.4 is 20.5 Å². The maximum Gasteiger partial charge on any atom is 0.249 e. The lowest BCUT2D eigenvalue weighted by molar-refractivity contribution is -0.137. The highest BCUT2D eigenvalue weighted by Gasteiger charge is 2.32. The van der Waals surface area contributed by atoms with E-state index in [1.165, 1.54) is 7.11 Å². The van der Waals surface area contributed by atoms with Gasteiger partial charge in [0.25, 0.3) is 0 Å². The standard InChI is InChI=1S/C27H48N2O6.ClH/c1-18(2)20(14-19-10-11-23(33-7)24(15-19)35-13-9-12-32-6)16-21(28)22(30)17-29-26(31)25(34-8)27(3,4)5;/h10-11,15,18,20-22,25,30H,9,12-14,16-17,28H2,1-8H3,(H,29,31);1H/t20-,21-,22-,25-;/m0./s1. The second kappa shape index (κ2) is 17.0. The predicted molar refractivity (Wildman–Crippen MR) is 146 cm³/mol. The summed E-state index contributed by atoms with van der Waals surface area (Å²) in [5.74, 6) is 1.76. The van der Waals surface area contributed by atoms with Gasteiger partial charge in [-0.05, 0) is 47.8 Å². The normalized spacial score (nSPS) is 15.0. The first-order valence-electron chi connectivity index (χ1n) is 12.5. The van der Waals surface area contributed by atoms with Gasteiger partial charge in [-0.25, -0.2) is 0 Å². The molecule has 0 unspecified atom stereocenters. The van der Waals surface area contributed by atoms with Crippen molar-refractivity contribution in [2.24, 2.45) is 23.0 Å². The van der Waals surface area contributed by atoms with E-state index in [0.29, 0.717) is 37.1 Å². The first kappa shape index (κ1) is 34.4. The molecule has 4 N–H and O–H groups in total. The number of halogens is 1. The number of methoxy groups -OCH3 is 3. The van der Waals surface area contributed by atoms with Crippen LogP contribution in [0.15, 0.2) is 18.2 Å². The third-order valence-electron chi connectivity index (χ3n) is 6.23. The molecule has 0 aliphatic carbocycles. The monoisotopic (exact) mass is 532 g/mol. The van der Waals surface area contributed by atoms with Gasteiger partial charge >= 0.3 is 0 Å². The largest absolute Gasteiger partial charge is 0.493 e. The summed E-state index contributed by atoms with van der Waals surface area (Å²) in [6.07, 6.45) is 0.752. The fourth-order valence-electron chi connectivity index (χ4n) is 4.05. The van der Waals surface area contributed by atoms with Crippen LogP contribution in [0, 0.1) is 17.3 Å². The zero-order valence-corrected chi connectivity index (χ0v) is 24.2. The van der Waals surface area contributed by atoms with Crippen molar-refractivity contribution in [3.05, 3.63) is 23.8 Å². The van der Waals surface area contributed by atoms with Gasteiger partial charge in [0.1, 0.15) is 6.10 Å². The molecule has 0 saturated heterocycles. The van der Waals surface area contributed by atoms with Crippen molar-refractivity contribution in [3.63, 3.8) is 0 Å². The van der Waals surface area contributed by atoms with Crippen molar-refractivity contribution in [2.45, 2.75) is 72.1 Å². The summed E-state index contributed by atoms with van der Waals surface area (Å²) in [5.41, 5.74) is 7.14. The Morgan fingerprint density at radius 3 is 2.31 bits per heavy atom. The quantitative estimate of drug-likeness (QED) is 0.279. The fourth-order valence-corrected chi connectivity index (χ4v) is 4.05. The Balaban J connectivity index is 0.0000122. The molecule has 1 aromatic rings. The van der Waals surface area contributed by atoms with Crippen LogP contribution in [0.1, 0.15) is 53.0 Å². The number of hydrogen-bond acceptors (Lipinski definition) is 7. The maximum absolute atomic E-state index is 12.5. The van der Waals surface area contributed by atoms with Crippen molar-refractivity contribution < 1.29 is 28.8 Å². The number of hydrogen-bond donors (Lipinski definition) is 3. The summed E-state index contributed by atoms with van der Waals surface area (Å²) in [6.45, 7) is 11.4. The summed E-state index contributed by atoms with van der Waals surface area (Å²) in [6, 6.07) is 5.50. The molecule has 36 heavy (non-hydrogen) atoms. The lowest BCUT2D eigenvalue weighted by atomic mass is 9.83. The molecular formula is C27H49ClN2O6. The summed E-state index contributed by atoms with van der Waals surface area (Å²) in [4.78, 5) is 12.5. The summed E-state index contributed by atoms with van der Waals surface area (Å²) < 4.78 is 21.8. The number of amides is 1. The lowest BCUT2D eigenvalue weighted by Crippen LogP contribution is -2.49. The van der Waals surface area contributed by atoms with E-state index < -0.39 is 18.2 Å². The molecule has 0 fully saturated rings. The van der Waals surface area contributed by atoms with Gasteiger partial charge in [-0.15, -0.1) is 12.4 Å². The average molecular weight is 533 g/mol. The number of ether oxygens (including phenoxy) is 4. The molecule has 0 radical (unpaired) electrons. The van der Waals surface area contributed by atoms with Gasteiger partial charge in [-0.3, -0.25) is 4.79 Å². The van der Waals surface area contributed by atoms with E-state index in [1.54, 1.807) is 14.2 Å². The molecule has 0 aliphatic rings. The van der Waals surface area contributed by atoms with Crippen molar-refractivity contribution in [3.8, 4) is 11.5 Å². The van der Waals surface area contributed by atoms with Crippen molar-refractivity contribution in [1.82, 2.24) is 5.32 Å². The number of aliphatic hydroxyl groups is 1. The number of nitrogens with two attached hydrogens (primary N) is 1. The van der Waals surface area contributed by atoms with E-state index in [1.807, 2.05) is 39.0 Å². The summed E-state index contributed by atoms with van der Waals surface area (Å²) in [5, 5.41) is 13.4. The van der Waals surface area contributed by atoms with Crippen LogP contribution in [0.4, 0.5) is 0 Å². The Hall–Kier alpha value is -1.58. The van der Waals surface area contributed by atoms with E-state index in [4.69, 9.17) is 24.7 Å². The number of nitrogens with one attached hydrogen (secondary N) is 1. The van der Waals surface area contributed by atoms with E-state index >= 15 is 0 Å². The number of aliphatic hydroxyl groups excluding tert-OH is 1. The molecule has 8 nitrogen and oxygen atoms in total. The third-order valence-corrected chi connectivity index (χ3v) is 6.23. The molecule has 0 bridgehead atoms. The highest BCUT2D eigenvalue weighted by Crippen LogP contribution is 2.31. The molecule has 9 heteroatoms. The summed E-state index contributed by atoms with van der Waals surface area (Å²) in [7, 11) is 4.81. The predicted octanol–water partition coefficient (Wildman–Crippen LogP) is 3.60. The van der Waals surface area contributed by atoms with E-state index in [-0.39, 0.29) is 36.2 Å². The smallest absolute Gasteiger partial charge is 0.249 e. The van der Waals surface area contributed by atoms with E-state index in [0.717, 1.165) is 18.4 Å². The molecule has 210 valence electrons. The zero-order chi connectivity index (χ0) is 26.6. The minimum Gasteiger partial charge on any atom is -0.493 e. The number of carbonyl (C=O) groups is 1. The second-order valence-electron chi connectivity index (χ2n) is 10.6. The summed E-state index contributed by atoms with van der Waals surface area (Å²) >= 11 is 0. The van der Waals surface area contributed by atoms with Crippen LogP contribution in [0.25, 0.3) is 0 Å². The lowest BCUT2D eigenvalue weighted by Gasteiger charge is -2.30. The van der Waals surface area contributed by atoms with Gasteiger partial charge in [-0.2, -0.15) is 0 Å². The molecule has 0 saturated carbocycles. The number of rotatable bonds is 16. The maximum atomic E-state index is 12.5. The third kappa shape index (κ3) is 11.6. The molecule has 4 atom stereocenters. The fraction of sp³-hybridized carbons (Fsp3) is 0.741. The first-order chi connectivity index (χ1) is 16.4. The van der Waals surface area contributed by atoms with Crippen LogP contribution in [0.2, 0.25) is 0 Å². The van der Waals surface area contributed by atoms with Crippen LogP contribution in [-0.2, 0) is 20.7 Å². The van der Waals surface area contributed by atoms with Gasteiger partial charge in [0.15, 0.2) is 11.5 Å². The van der Waals surface area contributed by atoms with Crippen LogP contribution >= 0.6 is 12.4 Å². The molecule has 1 rings (SSSR count). The Bertz CT molecular complexity index is 756. The number of carbonyl (C=O) groups excluding carboxylic acids is 1. The van der Waals surface area contributed by atoms with Gasteiger partial charge in [0.05, 0.1) is 19.8 Å². The molecule has 0 heterocycles. The van der Waals surface area contributed by atoms with E-state index in [9.17, 15) is 9.90 Å². The molecule has 0 aromatic heterocycles. The Morgan fingerprint density at radius 1 is 1.11 bits per heavy atom. The zero-order valence-electron chi connectivity index (χ0n) is 23.3. The van der Waals surface area contributed by atoms with Gasteiger partial charge in [-0.1, -0.05) is 40.7 Å². The van der Waals surface area contributed by atoms with Gasteiger partial charge < -0.3 is 35.1 Å². The van der Waals surface area contributed by atoms with Gasteiger partial charge in [0.2, 0.25) is 5.91 Å². The topological polar surface area (TPSA) is 112 Å². The molecular weight excluding hydrogens is 484 g/mol. The highest BCUT2D eigenvalue weighted by molar-refractivity contribution is 5.85. The van der Waals surface area contributed by atoms with Crippen LogP contribution in [0.5, 0.6) is 11.5 Å². The van der Waals surface area contributed by atoms with Crippen molar-refractivity contribution >= 4 is 18.3 Å². The Labute approximate surface area is 224 Å². The molecule has 0 aliphatic heterocycles. The number of benzene rings is 1. The first-order valence-corrected chi connectivity index (χ1v) is 12.5. The Morgan fingerprint density at radius 2 is 1.78 bits per heavy atom. The van der Waals surface area contributed by atoms with Crippen LogP contribution in [0.3, 0.4) is 0 Å². The van der Waals surface area contributed by atoms with Gasteiger partial charge in [0, 0.05) is 39.8 Å². The van der Waals surface area contributed by atoms with Crippen LogP contribution in [-0.4, -0.2) is 70.4 Å². The molecule has 1 amide bonds.